The lowest BCUT2D eigenvalue weighted by Crippen LogP contribution is -2.38. The molecule has 3 aromatic carbocycles. The summed E-state index contributed by atoms with van der Waals surface area (Å²) in [6.07, 6.45) is 0.721. The van der Waals surface area contributed by atoms with Gasteiger partial charge in [0, 0.05) is 43.2 Å². The van der Waals surface area contributed by atoms with Crippen molar-refractivity contribution in [3.63, 3.8) is 0 Å². The monoisotopic (exact) mass is 422 g/mol. The number of amides is 1. The van der Waals surface area contributed by atoms with Gasteiger partial charge in [-0.3, -0.25) is 4.79 Å². The molecule has 0 saturated carbocycles. The lowest BCUT2D eigenvalue weighted by molar-refractivity contribution is 0.0735. The molecule has 32 heavy (non-hydrogen) atoms. The van der Waals surface area contributed by atoms with Gasteiger partial charge in [0.25, 0.3) is 5.91 Å². The normalized spacial score (nSPS) is 13.1. The average molecular weight is 423 g/mol. The van der Waals surface area contributed by atoms with Gasteiger partial charge in [-0.25, -0.2) is 9.97 Å². The van der Waals surface area contributed by atoms with Crippen LogP contribution in [0.4, 0.5) is 5.82 Å². The highest BCUT2D eigenvalue weighted by Crippen LogP contribution is 2.30. The average Bonchev–Trinajstić information content (AvgIpc) is 2.87. The van der Waals surface area contributed by atoms with E-state index < -0.39 is 0 Å². The van der Waals surface area contributed by atoms with Crippen molar-refractivity contribution in [3.05, 3.63) is 89.6 Å². The Bertz CT molecular complexity index is 1280. The second kappa shape index (κ2) is 8.42. The molecule has 2 heterocycles. The van der Waals surface area contributed by atoms with Gasteiger partial charge < -0.3 is 9.80 Å². The van der Waals surface area contributed by atoms with E-state index in [1.807, 2.05) is 84.7 Å². The van der Waals surface area contributed by atoms with Gasteiger partial charge in [0.05, 0.1) is 12.2 Å². The van der Waals surface area contributed by atoms with Crippen LogP contribution in [0, 0.1) is 0 Å². The van der Waals surface area contributed by atoms with Crippen LogP contribution in [0.3, 0.4) is 0 Å². The van der Waals surface area contributed by atoms with Gasteiger partial charge in [0.1, 0.15) is 5.82 Å². The quantitative estimate of drug-likeness (QED) is 0.467. The van der Waals surface area contributed by atoms with Crippen LogP contribution in [0.15, 0.2) is 72.8 Å². The van der Waals surface area contributed by atoms with E-state index in [9.17, 15) is 4.79 Å². The third-order valence-corrected chi connectivity index (χ3v) is 6.21. The van der Waals surface area contributed by atoms with Crippen LogP contribution in [0.5, 0.6) is 0 Å². The molecule has 0 bridgehead atoms. The number of hydrogen-bond donors (Lipinski definition) is 0. The summed E-state index contributed by atoms with van der Waals surface area (Å²) >= 11 is 0. The zero-order chi connectivity index (χ0) is 22.1. The maximum Gasteiger partial charge on any atom is 0.254 e. The Kier molecular flexibility index (Phi) is 5.31. The first kappa shape index (κ1) is 20.2. The highest BCUT2D eigenvalue weighted by atomic mass is 16.2. The van der Waals surface area contributed by atoms with Crippen molar-refractivity contribution in [3.8, 4) is 11.4 Å². The van der Waals surface area contributed by atoms with E-state index in [2.05, 4.69) is 11.8 Å². The van der Waals surface area contributed by atoms with Gasteiger partial charge in [-0.05, 0) is 23.8 Å². The van der Waals surface area contributed by atoms with Crippen LogP contribution in [0.2, 0.25) is 0 Å². The van der Waals surface area contributed by atoms with E-state index in [4.69, 9.17) is 9.97 Å². The highest BCUT2D eigenvalue weighted by Gasteiger charge is 2.28. The molecule has 0 unspecified atom stereocenters. The van der Waals surface area contributed by atoms with Crippen molar-refractivity contribution in [2.24, 2.45) is 0 Å². The topological polar surface area (TPSA) is 49.3 Å². The molecule has 0 saturated heterocycles. The van der Waals surface area contributed by atoms with E-state index in [0.717, 1.165) is 57.8 Å². The summed E-state index contributed by atoms with van der Waals surface area (Å²) in [6.45, 7) is 4.11. The summed E-state index contributed by atoms with van der Waals surface area (Å²) in [5.41, 5.74) is 3.85. The molecule has 1 aromatic heterocycles. The van der Waals surface area contributed by atoms with Crippen LogP contribution >= 0.6 is 0 Å². The molecule has 1 aliphatic heterocycles. The van der Waals surface area contributed by atoms with Gasteiger partial charge in [-0.2, -0.15) is 0 Å². The summed E-state index contributed by atoms with van der Waals surface area (Å²) in [6, 6.07) is 24.1. The van der Waals surface area contributed by atoms with E-state index >= 15 is 0 Å². The smallest absolute Gasteiger partial charge is 0.254 e. The van der Waals surface area contributed by atoms with Crippen molar-refractivity contribution < 1.29 is 4.79 Å². The molecule has 5 rings (SSSR count). The predicted octanol–water partition coefficient (Wildman–Crippen LogP) is 4.95. The largest absolute Gasteiger partial charge is 0.360 e. The van der Waals surface area contributed by atoms with Gasteiger partial charge in [0.15, 0.2) is 5.82 Å². The SMILES string of the molecule is CCN(C)c1nc(-c2ccccc2)nc2c1CN(C(=O)c1cccc3ccccc13)CC2. The fraction of sp³-hybridized carbons (Fsp3) is 0.222. The molecule has 0 atom stereocenters. The third-order valence-electron chi connectivity index (χ3n) is 6.21. The maximum atomic E-state index is 13.5. The van der Waals surface area contributed by atoms with Crippen LogP contribution in [-0.2, 0) is 13.0 Å². The number of carbonyl (C=O) groups excluding carboxylic acids is 1. The van der Waals surface area contributed by atoms with E-state index in [1.54, 1.807) is 0 Å². The maximum absolute atomic E-state index is 13.5. The predicted molar refractivity (Wildman–Crippen MR) is 129 cm³/mol. The van der Waals surface area contributed by atoms with Crippen molar-refractivity contribution >= 4 is 22.5 Å². The second-order valence-corrected chi connectivity index (χ2v) is 8.18. The Morgan fingerprint density at radius 3 is 2.53 bits per heavy atom. The molecule has 0 radical (unpaired) electrons. The first-order valence-electron chi connectivity index (χ1n) is 11.1. The molecular formula is C27H26N4O. The van der Waals surface area contributed by atoms with Crippen molar-refractivity contribution in [2.45, 2.75) is 19.9 Å². The number of aromatic nitrogens is 2. The van der Waals surface area contributed by atoms with Crippen LogP contribution in [0.1, 0.15) is 28.5 Å². The molecule has 1 aliphatic rings. The van der Waals surface area contributed by atoms with Gasteiger partial charge in [0.2, 0.25) is 0 Å². The molecule has 5 nitrogen and oxygen atoms in total. The number of fused-ring (bicyclic) bond motifs is 2. The van der Waals surface area contributed by atoms with E-state index in [-0.39, 0.29) is 5.91 Å². The summed E-state index contributed by atoms with van der Waals surface area (Å²) in [4.78, 5) is 27.4. The number of carbonyl (C=O) groups is 1. The summed E-state index contributed by atoms with van der Waals surface area (Å²) < 4.78 is 0. The molecule has 0 spiro atoms. The molecule has 160 valence electrons. The van der Waals surface area contributed by atoms with Crippen LogP contribution in [0.25, 0.3) is 22.2 Å². The van der Waals surface area contributed by atoms with E-state index in [1.165, 1.54) is 0 Å². The Balaban J connectivity index is 1.53. The zero-order valence-corrected chi connectivity index (χ0v) is 18.5. The Morgan fingerprint density at radius 2 is 1.72 bits per heavy atom. The standard InChI is InChI=1S/C27H26N4O/c1-3-30(2)26-23-18-31(27(32)22-15-9-13-19-10-7-8-14-21(19)22)17-16-24(23)28-25(29-26)20-11-5-4-6-12-20/h4-15H,3,16-18H2,1-2H3. The number of anilines is 1. The Hall–Kier alpha value is -3.73. The van der Waals surface area contributed by atoms with Gasteiger partial charge in [-0.1, -0.05) is 66.7 Å². The number of hydrogen-bond acceptors (Lipinski definition) is 4. The van der Waals surface area contributed by atoms with Gasteiger partial charge in [-0.15, -0.1) is 0 Å². The Morgan fingerprint density at radius 1 is 0.969 bits per heavy atom. The lowest BCUT2D eigenvalue weighted by atomic mass is 10.0. The highest BCUT2D eigenvalue weighted by molar-refractivity contribution is 6.07. The van der Waals surface area contributed by atoms with Crippen molar-refractivity contribution in [1.82, 2.24) is 14.9 Å². The second-order valence-electron chi connectivity index (χ2n) is 8.18. The number of nitrogens with zero attached hydrogens (tertiary/aromatic N) is 4. The lowest BCUT2D eigenvalue weighted by Gasteiger charge is -2.32. The van der Waals surface area contributed by atoms with Crippen molar-refractivity contribution in [2.75, 3.05) is 25.0 Å². The molecule has 5 heteroatoms. The fourth-order valence-electron chi connectivity index (χ4n) is 4.33. The van der Waals surface area contributed by atoms with Gasteiger partial charge >= 0.3 is 0 Å². The van der Waals surface area contributed by atoms with Crippen LogP contribution < -0.4 is 4.90 Å². The summed E-state index contributed by atoms with van der Waals surface area (Å²) in [7, 11) is 2.04. The summed E-state index contributed by atoms with van der Waals surface area (Å²) in [5.74, 6) is 1.71. The number of rotatable bonds is 4. The number of benzene rings is 3. The Labute approximate surface area is 188 Å². The summed E-state index contributed by atoms with van der Waals surface area (Å²) in [5, 5.41) is 2.07. The molecule has 0 aliphatic carbocycles. The van der Waals surface area contributed by atoms with E-state index in [0.29, 0.717) is 13.1 Å². The van der Waals surface area contributed by atoms with Crippen LogP contribution in [-0.4, -0.2) is 40.9 Å². The molecule has 1 amide bonds. The molecule has 0 N–H and O–H groups in total. The molecule has 4 aromatic rings. The minimum Gasteiger partial charge on any atom is -0.360 e. The zero-order valence-electron chi connectivity index (χ0n) is 18.5. The molecule has 0 fully saturated rings. The molecular weight excluding hydrogens is 396 g/mol. The minimum absolute atomic E-state index is 0.0599. The fourth-order valence-corrected chi connectivity index (χ4v) is 4.33. The van der Waals surface area contributed by atoms with Crippen molar-refractivity contribution in [1.29, 1.82) is 0 Å². The minimum atomic E-state index is 0.0599. The third kappa shape index (κ3) is 3.60. The first-order valence-corrected chi connectivity index (χ1v) is 11.1. The first-order chi connectivity index (χ1) is 15.7.